The normalized spacial score (nSPS) is 11.5. The maximum atomic E-state index is 13.6. The largest absolute Gasteiger partial charge is 0.488 e. The molecule has 2 aromatic heterocycles. The van der Waals surface area contributed by atoms with Crippen molar-refractivity contribution in [3.05, 3.63) is 127 Å². The molecule has 6 rings (SSSR count). The van der Waals surface area contributed by atoms with Crippen LogP contribution in [-0.2, 0) is 6.61 Å². The molecule has 0 bridgehead atoms. The van der Waals surface area contributed by atoms with Gasteiger partial charge in [-0.05, 0) is 60.2 Å². The van der Waals surface area contributed by atoms with Crippen molar-refractivity contribution in [2.45, 2.75) is 6.61 Å². The topological polar surface area (TPSA) is 69.6 Å². The molecule has 0 aliphatic heterocycles. The Morgan fingerprint density at radius 2 is 1.66 bits per heavy atom. The Morgan fingerprint density at radius 3 is 2.50 bits per heavy atom. The van der Waals surface area contributed by atoms with E-state index in [1.807, 2.05) is 84.9 Å². The summed E-state index contributed by atoms with van der Waals surface area (Å²) < 4.78 is 15.3. The number of nitrogens with zero attached hydrogens (tertiary/aromatic N) is 3. The Labute approximate surface area is 234 Å². The summed E-state index contributed by atoms with van der Waals surface area (Å²) in [6.07, 6.45) is 1.60. The Kier molecular flexibility index (Phi) is 6.66. The van der Waals surface area contributed by atoms with Crippen LogP contribution >= 0.6 is 31.9 Å². The van der Waals surface area contributed by atoms with Crippen molar-refractivity contribution in [2.24, 2.45) is 5.10 Å². The van der Waals surface area contributed by atoms with Crippen molar-refractivity contribution in [3.63, 3.8) is 0 Å². The number of ether oxygens (including phenoxy) is 1. The number of halogens is 2. The third-order valence-corrected chi connectivity index (χ3v) is 7.01. The van der Waals surface area contributed by atoms with Gasteiger partial charge in [-0.25, -0.2) is 4.98 Å². The van der Waals surface area contributed by atoms with Crippen molar-refractivity contribution >= 4 is 59.9 Å². The molecule has 0 N–H and O–H groups in total. The summed E-state index contributed by atoms with van der Waals surface area (Å²) in [5.41, 5.74) is 2.71. The Hall–Kier alpha value is -4.01. The standard InChI is InChI=1S/C30H19Br2N3O3/c31-22-11-9-19(10-12-22)18-37-26-14-13-23(32)15-21(26)17-33-35-29(28-16-20-5-1-4-8-27(20)38-28)34-25-7-3-2-6-24(25)30(35)36/h1-17H,18H2. The molecule has 0 aliphatic carbocycles. The second-order valence-electron chi connectivity index (χ2n) is 8.56. The van der Waals surface area contributed by atoms with Gasteiger partial charge in [-0.3, -0.25) is 4.79 Å². The van der Waals surface area contributed by atoms with Gasteiger partial charge in [0.25, 0.3) is 5.56 Å². The Bertz CT molecular complexity index is 1840. The average molecular weight is 629 g/mol. The predicted octanol–water partition coefficient (Wildman–Crippen LogP) is 7.80. The quantitative estimate of drug-likeness (QED) is 0.177. The first-order valence-electron chi connectivity index (χ1n) is 11.8. The lowest BCUT2D eigenvalue weighted by Gasteiger charge is -2.11. The lowest BCUT2D eigenvalue weighted by atomic mass is 10.2. The molecule has 0 aliphatic rings. The van der Waals surface area contributed by atoms with E-state index in [0.717, 1.165) is 19.9 Å². The fraction of sp³-hybridized carbons (Fsp3) is 0.0333. The molecule has 0 saturated carbocycles. The van der Waals surface area contributed by atoms with E-state index in [1.165, 1.54) is 4.68 Å². The first-order valence-corrected chi connectivity index (χ1v) is 13.4. The van der Waals surface area contributed by atoms with E-state index in [2.05, 4.69) is 37.0 Å². The summed E-state index contributed by atoms with van der Waals surface area (Å²) in [5.74, 6) is 1.40. The Balaban J connectivity index is 1.43. The molecule has 0 amide bonds. The molecular formula is C30H19Br2N3O3. The maximum Gasteiger partial charge on any atom is 0.282 e. The summed E-state index contributed by atoms with van der Waals surface area (Å²) >= 11 is 6.98. The van der Waals surface area contributed by atoms with Crippen LogP contribution in [0.1, 0.15) is 11.1 Å². The van der Waals surface area contributed by atoms with E-state index in [1.54, 1.807) is 18.3 Å². The van der Waals surface area contributed by atoms with Gasteiger partial charge in [0, 0.05) is 19.9 Å². The van der Waals surface area contributed by atoms with E-state index in [4.69, 9.17) is 14.1 Å². The minimum atomic E-state index is -0.297. The Morgan fingerprint density at radius 1 is 0.895 bits per heavy atom. The smallest absolute Gasteiger partial charge is 0.282 e. The second kappa shape index (κ2) is 10.4. The van der Waals surface area contributed by atoms with Gasteiger partial charge < -0.3 is 9.15 Å². The fourth-order valence-corrected chi connectivity index (χ4v) is 4.74. The van der Waals surface area contributed by atoms with Crippen LogP contribution in [0.5, 0.6) is 5.75 Å². The fourth-order valence-electron chi connectivity index (χ4n) is 4.10. The molecule has 0 spiro atoms. The summed E-state index contributed by atoms with van der Waals surface area (Å²) in [6, 6.07) is 30.3. The molecule has 0 unspecified atom stereocenters. The van der Waals surface area contributed by atoms with Crippen molar-refractivity contribution in [3.8, 4) is 17.3 Å². The molecule has 0 atom stereocenters. The van der Waals surface area contributed by atoms with E-state index in [-0.39, 0.29) is 5.56 Å². The summed E-state index contributed by atoms with van der Waals surface area (Å²) in [7, 11) is 0. The van der Waals surface area contributed by atoms with Gasteiger partial charge in [0.15, 0.2) is 5.76 Å². The summed E-state index contributed by atoms with van der Waals surface area (Å²) in [5, 5.41) is 5.97. The predicted molar refractivity (Wildman–Crippen MR) is 157 cm³/mol. The number of fused-ring (bicyclic) bond motifs is 2. The number of benzene rings is 4. The van der Waals surface area contributed by atoms with Crippen LogP contribution < -0.4 is 10.3 Å². The highest BCUT2D eigenvalue weighted by molar-refractivity contribution is 9.10. The zero-order valence-electron chi connectivity index (χ0n) is 19.8. The van der Waals surface area contributed by atoms with E-state index < -0.39 is 0 Å². The third kappa shape index (κ3) is 4.92. The number of aromatic nitrogens is 2. The number of para-hydroxylation sites is 2. The lowest BCUT2D eigenvalue weighted by molar-refractivity contribution is 0.305. The molecule has 8 heteroatoms. The molecular weight excluding hydrogens is 610 g/mol. The number of hydrogen-bond donors (Lipinski definition) is 0. The van der Waals surface area contributed by atoms with Gasteiger partial charge in [-0.2, -0.15) is 9.78 Å². The SMILES string of the molecule is O=c1c2ccccc2nc(-c2cc3ccccc3o2)n1N=Cc1cc(Br)ccc1OCc1ccc(Br)cc1. The highest BCUT2D eigenvalue weighted by atomic mass is 79.9. The molecule has 2 heterocycles. The zero-order chi connectivity index (χ0) is 26.1. The minimum Gasteiger partial charge on any atom is -0.488 e. The van der Waals surface area contributed by atoms with Gasteiger partial charge in [0.2, 0.25) is 5.82 Å². The highest BCUT2D eigenvalue weighted by Gasteiger charge is 2.16. The molecule has 0 fully saturated rings. The van der Waals surface area contributed by atoms with Crippen LogP contribution in [0.2, 0.25) is 0 Å². The summed E-state index contributed by atoms with van der Waals surface area (Å²) in [4.78, 5) is 18.3. The molecule has 6 nitrogen and oxygen atoms in total. The first-order chi connectivity index (χ1) is 18.5. The van der Waals surface area contributed by atoms with Crippen molar-refractivity contribution in [1.29, 1.82) is 0 Å². The van der Waals surface area contributed by atoms with E-state index >= 15 is 0 Å². The van der Waals surface area contributed by atoms with Gasteiger partial charge in [0.05, 0.1) is 17.1 Å². The number of hydrogen-bond acceptors (Lipinski definition) is 5. The van der Waals surface area contributed by atoms with Crippen LogP contribution in [-0.4, -0.2) is 15.9 Å². The maximum absolute atomic E-state index is 13.6. The van der Waals surface area contributed by atoms with Crippen LogP contribution in [0, 0.1) is 0 Å². The average Bonchev–Trinajstić information content (AvgIpc) is 3.37. The number of furan rings is 1. The molecule has 186 valence electrons. The zero-order valence-corrected chi connectivity index (χ0v) is 23.0. The summed E-state index contributed by atoms with van der Waals surface area (Å²) in [6.45, 7) is 0.386. The van der Waals surface area contributed by atoms with Crippen molar-refractivity contribution in [2.75, 3.05) is 0 Å². The minimum absolute atomic E-state index is 0.297. The number of rotatable bonds is 6. The van der Waals surface area contributed by atoms with Gasteiger partial charge in [-0.15, -0.1) is 0 Å². The first kappa shape index (κ1) is 24.3. The van der Waals surface area contributed by atoms with Gasteiger partial charge in [0.1, 0.15) is 17.9 Å². The van der Waals surface area contributed by atoms with Crippen LogP contribution in [0.25, 0.3) is 33.5 Å². The van der Waals surface area contributed by atoms with Crippen molar-refractivity contribution in [1.82, 2.24) is 9.66 Å². The van der Waals surface area contributed by atoms with Crippen LogP contribution in [0.4, 0.5) is 0 Å². The molecule has 0 saturated heterocycles. The molecule has 0 radical (unpaired) electrons. The molecule has 4 aromatic carbocycles. The van der Waals surface area contributed by atoms with Gasteiger partial charge in [-0.1, -0.05) is 74.3 Å². The van der Waals surface area contributed by atoms with Crippen LogP contribution in [0.3, 0.4) is 0 Å². The monoisotopic (exact) mass is 627 g/mol. The van der Waals surface area contributed by atoms with E-state index in [9.17, 15) is 4.79 Å². The second-order valence-corrected chi connectivity index (χ2v) is 10.4. The highest BCUT2D eigenvalue weighted by Crippen LogP contribution is 2.28. The lowest BCUT2D eigenvalue weighted by Crippen LogP contribution is -2.20. The van der Waals surface area contributed by atoms with Crippen molar-refractivity contribution < 1.29 is 9.15 Å². The van der Waals surface area contributed by atoms with Gasteiger partial charge >= 0.3 is 0 Å². The molecule has 38 heavy (non-hydrogen) atoms. The third-order valence-electron chi connectivity index (χ3n) is 5.99. The molecule has 6 aromatic rings. The van der Waals surface area contributed by atoms with Crippen LogP contribution in [0.15, 0.2) is 120 Å². The van der Waals surface area contributed by atoms with E-state index in [0.29, 0.717) is 46.0 Å².